The summed E-state index contributed by atoms with van der Waals surface area (Å²) in [5, 5.41) is 0.588. The molecule has 0 N–H and O–H groups in total. The molecule has 0 fully saturated rings. The maximum Gasteiger partial charge on any atom is 0.232 e. The molecule has 0 spiro atoms. The van der Waals surface area contributed by atoms with Crippen molar-refractivity contribution in [1.29, 1.82) is 0 Å². The number of benzene rings is 2. The Hall–Kier alpha value is -2.99. The first-order valence-electron chi connectivity index (χ1n) is 10.8. The zero-order valence-electron chi connectivity index (χ0n) is 19.5. The van der Waals surface area contributed by atoms with Crippen molar-refractivity contribution in [2.24, 2.45) is 5.41 Å². The quantitative estimate of drug-likeness (QED) is 0.576. The highest BCUT2D eigenvalue weighted by molar-refractivity contribution is 6.30. The van der Waals surface area contributed by atoms with E-state index in [1.165, 1.54) is 7.11 Å². The van der Waals surface area contributed by atoms with Crippen LogP contribution >= 0.6 is 11.6 Å². The Kier molecular flexibility index (Phi) is 6.14. The molecule has 1 aliphatic carbocycles. The molecular weight excluding hydrogens is 442 g/mol. The van der Waals surface area contributed by atoms with Gasteiger partial charge < -0.3 is 14.2 Å². The molecule has 0 unspecified atom stereocenters. The van der Waals surface area contributed by atoms with Gasteiger partial charge in [0.05, 0.1) is 21.3 Å². The van der Waals surface area contributed by atoms with Gasteiger partial charge in [0, 0.05) is 46.3 Å². The third-order valence-electron chi connectivity index (χ3n) is 6.34. The van der Waals surface area contributed by atoms with Gasteiger partial charge in [0.1, 0.15) is 0 Å². The normalized spacial score (nSPS) is 19.9. The van der Waals surface area contributed by atoms with Crippen LogP contribution in [0.4, 0.5) is 5.69 Å². The Labute approximate surface area is 199 Å². The Balaban J connectivity index is 1.94. The number of methoxy groups -OCH3 is 3. The zero-order chi connectivity index (χ0) is 23.9. The van der Waals surface area contributed by atoms with Crippen LogP contribution in [-0.4, -0.2) is 33.0 Å². The SMILES string of the molecule is COc1ccc([C@@H]2CC(=O)N(c3ccc(Cl)cc3)C3=C2C(=O)CC(C)(C)C3)c(OC)c1OC. The predicted molar refractivity (Wildman–Crippen MR) is 127 cm³/mol. The second-order valence-corrected chi connectivity index (χ2v) is 9.62. The Morgan fingerprint density at radius 1 is 0.909 bits per heavy atom. The molecule has 0 saturated carbocycles. The minimum absolute atomic E-state index is 0.0505. The third kappa shape index (κ3) is 4.08. The predicted octanol–water partition coefficient (Wildman–Crippen LogP) is 5.53. The van der Waals surface area contributed by atoms with Crippen molar-refractivity contribution in [3.63, 3.8) is 0 Å². The summed E-state index contributed by atoms with van der Waals surface area (Å²) in [6, 6.07) is 10.8. The Morgan fingerprint density at radius 2 is 1.58 bits per heavy atom. The largest absolute Gasteiger partial charge is 0.493 e. The molecule has 4 rings (SSSR count). The number of ether oxygens (including phenoxy) is 3. The lowest BCUT2D eigenvalue weighted by Gasteiger charge is -2.43. The van der Waals surface area contributed by atoms with Crippen LogP contribution in [0.1, 0.15) is 44.6 Å². The lowest BCUT2D eigenvalue weighted by molar-refractivity contribution is -0.121. The molecule has 1 atom stereocenters. The zero-order valence-corrected chi connectivity index (χ0v) is 20.3. The van der Waals surface area contributed by atoms with Crippen molar-refractivity contribution >= 4 is 29.0 Å². The van der Waals surface area contributed by atoms with Crippen LogP contribution in [0.15, 0.2) is 47.7 Å². The first-order valence-corrected chi connectivity index (χ1v) is 11.2. The summed E-state index contributed by atoms with van der Waals surface area (Å²) in [6.45, 7) is 4.11. The van der Waals surface area contributed by atoms with Crippen molar-refractivity contribution < 1.29 is 23.8 Å². The average molecular weight is 470 g/mol. The fourth-order valence-electron chi connectivity index (χ4n) is 4.97. The second-order valence-electron chi connectivity index (χ2n) is 9.19. The average Bonchev–Trinajstić information content (AvgIpc) is 2.77. The maximum absolute atomic E-state index is 13.6. The van der Waals surface area contributed by atoms with Gasteiger partial charge >= 0.3 is 0 Å². The second kappa shape index (κ2) is 8.75. The van der Waals surface area contributed by atoms with Crippen LogP contribution in [0.3, 0.4) is 0 Å². The minimum Gasteiger partial charge on any atom is -0.493 e. The summed E-state index contributed by atoms with van der Waals surface area (Å²) < 4.78 is 16.7. The molecule has 1 amide bonds. The molecule has 174 valence electrons. The summed E-state index contributed by atoms with van der Waals surface area (Å²) in [4.78, 5) is 28.8. The number of Topliss-reactive ketones (excluding diaryl/α,β-unsaturated/α-hetero) is 1. The number of hydrogen-bond donors (Lipinski definition) is 0. The highest BCUT2D eigenvalue weighted by atomic mass is 35.5. The Morgan fingerprint density at radius 3 is 2.18 bits per heavy atom. The first kappa shape index (κ1) is 23.2. The fourth-order valence-corrected chi connectivity index (χ4v) is 5.10. The number of rotatable bonds is 5. The molecule has 2 aliphatic rings. The summed E-state index contributed by atoms with van der Waals surface area (Å²) in [7, 11) is 4.64. The van der Waals surface area contributed by atoms with E-state index >= 15 is 0 Å². The highest BCUT2D eigenvalue weighted by Gasteiger charge is 2.45. The van der Waals surface area contributed by atoms with E-state index in [-0.39, 0.29) is 23.5 Å². The van der Waals surface area contributed by atoms with Crippen molar-refractivity contribution in [3.05, 3.63) is 58.3 Å². The van der Waals surface area contributed by atoms with E-state index in [4.69, 9.17) is 25.8 Å². The summed E-state index contributed by atoms with van der Waals surface area (Å²) in [5.41, 5.74) is 2.59. The van der Waals surface area contributed by atoms with Gasteiger partial charge in [-0.15, -0.1) is 0 Å². The molecular formula is C26H28ClNO5. The molecule has 2 aromatic carbocycles. The van der Waals surface area contributed by atoms with Crippen molar-refractivity contribution in [3.8, 4) is 17.2 Å². The van der Waals surface area contributed by atoms with Crippen LogP contribution in [0, 0.1) is 5.41 Å². The molecule has 0 aromatic heterocycles. The standard InChI is InChI=1S/C26H28ClNO5/c1-26(2)13-19-23(20(29)14-26)18(12-22(30)28(19)16-8-6-15(27)7-9-16)17-10-11-21(31-3)25(33-5)24(17)32-4/h6-11,18H,12-14H2,1-5H3/t18-/m0/s1. The van der Waals surface area contributed by atoms with Gasteiger partial charge in [0.2, 0.25) is 11.7 Å². The van der Waals surface area contributed by atoms with E-state index in [1.54, 1.807) is 37.3 Å². The summed E-state index contributed by atoms with van der Waals surface area (Å²) in [5.74, 6) is 0.968. The van der Waals surface area contributed by atoms with Gasteiger partial charge in [0.25, 0.3) is 0 Å². The van der Waals surface area contributed by atoms with Crippen LogP contribution < -0.4 is 19.1 Å². The van der Waals surface area contributed by atoms with Gasteiger partial charge in [-0.25, -0.2) is 0 Å². The van der Waals surface area contributed by atoms with E-state index in [1.807, 2.05) is 18.2 Å². The van der Waals surface area contributed by atoms with E-state index in [0.29, 0.717) is 46.4 Å². The third-order valence-corrected chi connectivity index (χ3v) is 6.59. The lowest BCUT2D eigenvalue weighted by atomic mass is 9.69. The van der Waals surface area contributed by atoms with E-state index in [0.717, 1.165) is 11.3 Å². The number of carbonyl (C=O) groups excluding carboxylic acids is 2. The van der Waals surface area contributed by atoms with Crippen LogP contribution in [0.2, 0.25) is 5.02 Å². The molecule has 33 heavy (non-hydrogen) atoms. The molecule has 0 saturated heterocycles. The number of hydrogen-bond acceptors (Lipinski definition) is 5. The fraction of sp³-hybridized carbons (Fsp3) is 0.385. The monoisotopic (exact) mass is 469 g/mol. The van der Waals surface area contributed by atoms with E-state index in [2.05, 4.69) is 13.8 Å². The van der Waals surface area contributed by atoms with E-state index in [9.17, 15) is 9.59 Å². The van der Waals surface area contributed by atoms with Crippen LogP contribution in [0.5, 0.6) is 17.2 Å². The number of carbonyl (C=O) groups is 2. The smallest absolute Gasteiger partial charge is 0.232 e. The maximum atomic E-state index is 13.6. The number of ketones is 1. The van der Waals surface area contributed by atoms with Crippen LogP contribution in [0.25, 0.3) is 0 Å². The van der Waals surface area contributed by atoms with Crippen molar-refractivity contribution in [2.45, 2.75) is 39.0 Å². The van der Waals surface area contributed by atoms with Gasteiger partial charge in [-0.2, -0.15) is 0 Å². The first-order chi connectivity index (χ1) is 15.7. The van der Waals surface area contributed by atoms with E-state index < -0.39 is 5.92 Å². The molecule has 1 aliphatic heterocycles. The highest BCUT2D eigenvalue weighted by Crippen LogP contribution is 2.52. The molecule has 1 heterocycles. The number of allylic oxidation sites excluding steroid dienone is 2. The summed E-state index contributed by atoms with van der Waals surface area (Å²) >= 11 is 6.08. The van der Waals surface area contributed by atoms with Gasteiger partial charge in [-0.1, -0.05) is 31.5 Å². The molecule has 0 radical (unpaired) electrons. The summed E-state index contributed by atoms with van der Waals surface area (Å²) in [6.07, 6.45) is 1.16. The van der Waals surface area contributed by atoms with Gasteiger partial charge in [0.15, 0.2) is 17.3 Å². The van der Waals surface area contributed by atoms with Gasteiger partial charge in [-0.05, 0) is 42.2 Å². The molecule has 6 nitrogen and oxygen atoms in total. The minimum atomic E-state index is -0.436. The molecule has 2 aromatic rings. The van der Waals surface area contributed by atoms with Crippen molar-refractivity contribution in [1.82, 2.24) is 0 Å². The Bertz CT molecular complexity index is 1140. The lowest BCUT2D eigenvalue weighted by Crippen LogP contribution is -2.43. The topological polar surface area (TPSA) is 65.1 Å². The molecule has 0 bridgehead atoms. The number of amides is 1. The number of halogens is 1. The molecule has 7 heteroatoms. The van der Waals surface area contributed by atoms with Crippen LogP contribution in [-0.2, 0) is 9.59 Å². The van der Waals surface area contributed by atoms with Crippen molar-refractivity contribution in [2.75, 3.05) is 26.2 Å². The number of anilines is 1. The van der Waals surface area contributed by atoms with Gasteiger partial charge in [-0.3, -0.25) is 14.5 Å². The number of nitrogens with zero attached hydrogens (tertiary/aromatic N) is 1.